The predicted molar refractivity (Wildman–Crippen MR) is 67.3 cm³/mol. The van der Waals surface area contributed by atoms with Crippen molar-refractivity contribution in [3.8, 4) is 11.5 Å². The molecule has 0 saturated carbocycles. The van der Waals surface area contributed by atoms with E-state index in [0.29, 0.717) is 11.4 Å². The van der Waals surface area contributed by atoms with Crippen molar-refractivity contribution in [1.82, 2.24) is 5.32 Å². The number of methoxy groups -OCH3 is 2. The van der Waals surface area contributed by atoms with E-state index >= 15 is 0 Å². The summed E-state index contributed by atoms with van der Waals surface area (Å²) in [6, 6.07) is 6.58. The second-order valence-electron chi connectivity index (χ2n) is 3.93. The summed E-state index contributed by atoms with van der Waals surface area (Å²) in [6.07, 6.45) is 0. The van der Waals surface area contributed by atoms with E-state index in [1.165, 1.54) is 5.56 Å². The molecule has 1 saturated heterocycles. The van der Waals surface area contributed by atoms with E-state index in [0.717, 1.165) is 17.3 Å². The van der Waals surface area contributed by atoms with Crippen molar-refractivity contribution in [2.45, 2.75) is 18.3 Å². The molecule has 1 aromatic carbocycles. The molecular formula is C12H17NO2S. The van der Waals surface area contributed by atoms with Crippen molar-refractivity contribution < 1.29 is 9.47 Å². The highest BCUT2D eigenvalue weighted by Gasteiger charge is 2.23. The zero-order chi connectivity index (χ0) is 11.5. The van der Waals surface area contributed by atoms with Gasteiger partial charge < -0.3 is 9.47 Å². The fourth-order valence-electron chi connectivity index (χ4n) is 1.77. The minimum Gasteiger partial charge on any atom is -0.497 e. The van der Waals surface area contributed by atoms with Crippen molar-refractivity contribution >= 4 is 11.8 Å². The minimum atomic E-state index is 0.346. The molecule has 2 unspecified atom stereocenters. The first-order chi connectivity index (χ1) is 7.72. The Bertz CT molecular complexity index is 348. The van der Waals surface area contributed by atoms with Crippen LogP contribution in [0.3, 0.4) is 0 Å². The maximum atomic E-state index is 5.27. The van der Waals surface area contributed by atoms with Gasteiger partial charge in [-0.1, -0.05) is 0 Å². The molecule has 1 heterocycles. The summed E-state index contributed by atoms with van der Waals surface area (Å²) in [5.74, 6) is 2.83. The van der Waals surface area contributed by atoms with Crippen molar-refractivity contribution in [2.75, 3.05) is 20.0 Å². The lowest BCUT2D eigenvalue weighted by Crippen LogP contribution is -2.21. The highest BCUT2D eigenvalue weighted by molar-refractivity contribution is 7.99. The number of nitrogens with one attached hydrogen (secondary N) is 1. The third-order valence-corrected chi connectivity index (χ3v) is 4.06. The van der Waals surface area contributed by atoms with E-state index in [9.17, 15) is 0 Å². The molecule has 1 fully saturated rings. The van der Waals surface area contributed by atoms with Crippen LogP contribution in [0, 0.1) is 0 Å². The van der Waals surface area contributed by atoms with Gasteiger partial charge >= 0.3 is 0 Å². The number of benzene rings is 1. The minimum absolute atomic E-state index is 0.346. The Morgan fingerprint density at radius 1 is 1.19 bits per heavy atom. The summed E-state index contributed by atoms with van der Waals surface area (Å²) < 4.78 is 10.5. The Kier molecular flexibility index (Phi) is 3.61. The predicted octanol–water partition coefficient (Wildman–Crippen LogP) is 2.43. The molecule has 1 N–H and O–H groups in total. The van der Waals surface area contributed by atoms with Crippen molar-refractivity contribution in [1.29, 1.82) is 0 Å². The van der Waals surface area contributed by atoms with Gasteiger partial charge in [-0.2, -0.15) is 0 Å². The smallest absolute Gasteiger partial charge is 0.122 e. The largest absolute Gasteiger partial charge is 0.497 e. The maximum Gasteiger partial charge on any atom is 0.122 e. The lowest BCUT2D eigenvalue weighted by Gasteiger charge is -2.14. The quantitative estimate of drug-likeness (QED) is 0.877. The van der Waals surface area contributed by atoms with Crippen LogP contribution in [0.5, 0.6) is 11.5 Å². The maximum absolute atomic E-state index is 5.27. The van der Waals surface area contributed by atoms with Crippen molar-refractivity contribution in [3.63, 3.8) is 0 Å². The highest BCUT2D eigenvalue weighted by Crippen LogP contribution is 2.36. The standard InChI is InChI=1S/C12H17NO2S/c1-8-7-16-12(13-8)9-4-10(14-2)6-11(5-9)15-3/h4-6,8,12-13H,7H2,1-3H3. The molecule has 0 aromatic heterocycles. The number of hydrogen-bond acceptors (Lipinski definition) is 4. The average Bonchev–Trinajstić information content (AvgIpc) is 2.75. The molecule has 88 valence electrons. The van der Waals surface area contributed by atoms with E-state index in [1.807, 2.05) is 17.8 Å². The van der Waals surface area contributed by atoms with Gasteiger partial charge in [-0.05, 0) is 24.6 Å². The van der Waals surface area contributed by atoms with Gasteiger partial charge in [-0.3, -0.25) is 5.32 Å². The summed E-state index contributed by atoms with van der Waals surface area (Å²) in [7, 11) is 3.35. The Balaban J connectivity index is 2.25. The van der Waals surface area contributed by atoms with Crippen LogP contribution in [0.2, 0.25) is 0 Å². The molecule has 16 heavy (non-hydrogen) atoms. The molecule has 1 aromatic rings. The number of hydrogen-bond donors (Lipinski definition) is 1. The lowest BCUT2D eigenvalue weighted by atomic mass is 10.2. The number of thioether (sulfide) groups is 1. The number of rotatable bonds is 3. The fourth-order valence-corrected chi connectivity index (χ4v) is 3.00. The summed E-state index contributed by atoms with van der Waals surface area (Å²) in [5, 5.41) is 3.87. The van der Waals surface area contributed by atoms with Gasteiger partial charge in [-0.15, -0.1) is 11.8 Å². The van der Waals surface area contributed by atoms with Crippen LogP contribution >= 0.6 is 11.8 Å². The van der Waals surface area contributed by atoms with E-state index in [4.69, 9.17) is 9.47 Å². The second-order valence-corrected chi connectivity index (χ2v) is 5.07. The van der Waals surface area contributed by atoms with E-state index < -0.39 is 0 Å². The molecule has 0 radical (unpaired) electrons. The highest BCUT2D eigenvalue weighted by atomic mass is 32.2. The average molecular weight is 239 g/mol. The Morgan fingerprint density at radius 3 is 2.25 bits per heavy atom. The zero-order valence-corrected chi connectivity index (χ0v) is 10.6. The van der Waals surface area contributed by atoms with Crippen molar-refractivity contribution in [3.05, 3.63) is 23.8 Å². The Labute approximate surface area is 101 Å². The third kappa shape index (κ3) is 2.44. The van der Waals surface area contributed by atoms with Gasteiger partial charge in [0.1, 0.15) is 11.5 Å². The van der Waals surface area contributed by atoms with E-state index in [-0.39, 0.29) is 0 Å². The van der Waals surface area contributed by atoms with E-state index in [1.54, 1.807) is 14.2 Å². The molecule has 2 atom stereocenters. The monoisotopic (exact) mass is 239 g/mol. The topological polar surface area (TPSA) is 30.5 Å². The molecule has 0 aliphatic carbocycles. The van der Waals surface area contributed by atoms with Gasteiger partial charge in [0.15, 0.2) is 0 Å². The normalized spacial score (nSPS) is 24.4. The first kappa shape index (κ1) is 11.6. The van der Waals surface area contributed by atoms with Gasteiger partial charge in [-0.25, -0.2) is 0 Å². The van der Waals surface area contributed by atoms with Gasteiger partial charge in [0.2, 0.25) is 0 Å². The lowest BCUT2D eigenvalue weighted by molar-refractivity contribution is 0.393. The van der Waals surface area contributed by atoms with Crippen molar-refractivity contribution in [2.24, 2.45) is 0 Å². The van der Waals surface area contributed by atoms with Gasteiger partial charge in [0.05, 0.1) is 19.6 Å². The summed E-state index contributed by atoms with van der Waals surface area (Å²) in [5.41, 5.74) is 1.21. The molecule has 1 aliphatic rings. The van der Waals surface area contributed by atoms with Crippen LogP contribution in [0.25, 0.3) is 0 Å². The van der Waals surface area contributed by atoms with Gasteiger partial charge in [0.25, 0.3) is 0 Å². The molecule has 2 rings (SSSR count). The first-order valence-corrected chi connectivity index (χ1v) is 6.38. The zero-order valence-electron chi connectivity index (χ0n) is 9.82. The first-order valence-electron chi connectivity index (χ1n) is 5.33. The molecule has 3 nitrogen and oxygen atoms in total. The Morgan fingerprint density at radius 2 is 1.81 bits per heavy atom. The van der Waals surface area contributed by atoms with Crippen LogP contribution in [-0.2, 0) is 0 Å². The molecule has 0 spiro atoms. The fraction of sp³-hybridized carbons (Fsp3) is 0.500. The molecule has 4 heteroatoms. The van der Waals surface area contributed by atoms with Gasteiger partial charge in [0, 0.05) is 17.9 Å². The SMILES string of the molecule is COc1cc(OC)cc(C2NC(C)CS2)c1. The Hall–Kier alpha value is -0.870. The van der Waals surface area contributed by atoms with E-state index in [2.05, 4.69) is 24.4 Å². The number of ether oxygens (including phenoxy) is 2. The molecular weight excluding hydrogens is 222 g/mol. The van der Waals surface area contributed by atoms with Crippen LogP contribution in [0.15, 0.2) is 18.2 Å². The summed E-state index contributed by atoms with van der Waals surface area (Å²) >= 11 is 1.92. The van der Waals surface area contributed by atoms with Crippen LogP contribution in [0.1, 0.15) is 17.9 Å². The second kappa shape index (κ2) is 4.97. The third-order valence-electron chi connectivity index (χ3n) is 2.63. The van der Waals surface area contributed by atoms with Crippen LogP contribution < -0.4 is 14.8 Å². The summed E-state index contributed by atoms with van der Waals surface area (Å²) in [6.45, 7) is 2.20. The molecule has 0 bridgehead atoms. The summed E-state index contributed by atoms with van der Waals surface area (Å²) in [4.78, 5) is 0. The van der Waals surface area contributed by atoms with Crippen LogP contribution in [-0.4, -0.2) is 26.0 Å². The molecule has 1 aliphatic heterocycles. The van der Waals surface area contributed by atoms with Crippen LogP contribution in [0.4, 0.5) is 0 Å². The molecule has 0 amide bonds.